The molecule has 0 atom stereocenters. The Bertz CT molecular complexity index is 220. The van der Waals surface area contributed by atoms with Gasteiger partial charge in [0.1, 0.15) is 0 Å². The average Bonchev–Trinajstić information content (AvgIpc) is 2.25. The normalized spacial score (nSPS) is 15.3. The van der Waals surface area contributed by atoms with Gasteiger partial charge >= 0.3 is 0 Å². The van der Waals surface area contributed by atoms with Gasteiger partial charge in [-0.05, 0) is 12.6 Å². The predicted octanol–water partition coefficient (Wildman–Crippen LogP) is -0.267. The third-order valence-electron chi connectivity index (χ3n) is 2.10. The zero-order valence-electron chi connectivity index (χ0n) is 8.98. The van der Waals surface area contributed by atoms with Crippen molar-refractivity contribution in [1.82, 2.24) is 21.3 Å². The summed E-state index contributed by atoms with van der Waals surface area (Å²) < 4.78 is 0. The maximum Gasteiger partial charge on any atom is 0.0730 e. The monoisotopic (exact) mass is 196 g/mol. The average molecular weight is 196 g/mol. The molecule has 0 aromatic carbocycles. The molecule has 0 radical (unpaired) electrons. The Kier molecular flexibility index (Phi) is 4.93. The lowest BCUT2D eigenvalue weighted by molar-refractivity contribution is 0.664. The lowest BCUT2D eigenvalue weighted by Crippen LogP contribution is -2.32. The minimum Gasteiger partial charge on any atom is -0.386 e. The van der Waals surface area contributed by atoms with Gasteiger partial charge in [0.05, 0.1) is 11.4 Å². The van der Waals surface area contributed by atoms with Crippen LogP contribution in [0, 0.1) is 0 Å². The van der Waals surface area contributed by atoms with Crippen molar-refractivity contribution in [2.75, 3.05) is 33.2 Å². The van der Waals surface area contributed by atoms with Crippen molar-refractivity contribution >= 4 is 0 Å². The molecule has 4 heteroatoms. The van der Waals surface area contributed by atoms with Crippen LogP contribution >= 0.6 is 0 Å². The van der Waals surface area contributed by atoms with Crippen molar-refractivity contribution in [3.05, 3.63) is 23.7 Å². The summed E-state index contributed by atoms with van der Waals surface area (Å²) in [6, 6.07) is 0. The van der Waals surface area contributed by atoms with Gasteiger partial charge in [-0.3, -0.25) is 0 Å². The van der Waals surface area contributed by atoms with Crippen LogP contribution in [0.4, 0.5) is 0 Å². The fourth-order valence-electron chi connectivity index (χ4n) is 1.35. The highest BCUT2D eigenvalue weighted by Gasteiger charge is 2.05. The van der Waals surface area contributed by atoms with E-state index in [1.807, 2.05) is 13.2 Å². The first-order valence-corrected chi connectivity index (χ1v) is 5.15. The second-order valence-electron chi connectivity index (χ2n) is 3.11. The minimum atomic E-state index is 0.898. The molecule has 0 saturated carbocycles. The number of hydrogen-bond donors (Lipinski definition) is 4. The molecule has 1 aliphatic heterocycles. The van der Waals surface area contributed by atoms with Crippen molar-refractivity contribution in [1.29, 1.82) is 0 Å². The van der Waals surface area contributed by atoms with Gasteiger partial charge in [-0.1, -0.05) is 6.92 Å². The van der Waals surface area contributed by atoms with E-state index < -0.39 is 0 Å². The zero-order chi connectivity index (χ0) is 10.2. The molecule has 80 valence electrons. The molecule has 1 aliphatic rings. The number of dihydropyridines is 1. The summed E-state index contributed by atoms with van der Waals surface area (Å²) in [6.45, 7) is 5.99. The number of nitrogens with one attached hydrogen (secondary N) is 4. The molecule has 0 saturated heterocycles. The molecular weight excluding hydrogens is 176 g/mol. The van der Waals surface area contributed by atoms with E-state index in [1.165, 1.54) is 5.70 Å². The lowest BCUT2D eigenvalue weighted by atomic mass is 10.2. The fourth-order valence-corrected chi connectivity index (χ4v) is 1.35. The Balaban J connectivity index is 2.28. The van der Waals surface area contributed by atoms with E-state index in [9.17, 15) is 0 Å². The highest BCUT2D eigenvalue weighted by molar-refractivity contribution is 5.30. The van der Waals surface area contributed by atoms with Crippen LogP contribution in [0.25, 0.3) is 0 Å². The molecule has 0 aromatic heterocycles. The third kappa shape index (κ3) is 3.30. The molecule has 0 fully saturated rings. The molecule has 4 N–H and O–H groups in total. The van der Waals surface area contributed by atoms with Crippen molar-refractivity contribution in [3.63, 3.8) is 0 Å². The Morgan fingerprint density at radius 1 is 1.36 bits per heavy atom. The molecule has 0 bridgehead atoms. The van der Waals surface area contributed by atoms with Crippen LogP contribution in [0.5, 0.6) is 0 Å². The topological polar surface area (TPSA) is 48.1 Å². The van der Waals surface area contributed by atoms with Gasteiger partial charge in [0.2, 0.25) is 0 Å². The van der Waals surface area contributed by atoms with E-state index in [2.05, 4.69) is 34.3 Å². The summed E-state index contributed by atoms with van der Waals surface area (Å²) in [7, 11) is 1.93. The first-order valence-electron chi connectivity index (χ1n) is 5.15. The van der Waals surface area contributed by atoms with Gasteiger partial charge < -0.3 is 21.3 Å². The molecule has 1 heterocycles. The van der Waals surface area contributed by atoms with E-state index in [-0.39, 0.29) is 0 Å². The molecule has 0 unspecified atom stereocenters. The van der Waals surface area contributed by atoms with Crippen LogP contribution in [0.2, 0.25) is 0 Å². The van der Waals surface area contributed by atoms with E-state index in [4.69, 9.17) is 0 Å². The first-order chi connectivity index (χ1) is 6.88. The third-order valence-corrected chi connectivity index (χ3v) is 2.10. The Morgan fingerprint density at radius 2 is 2.21 bits per heavy atom. The summed E-state index contributed by atoms with van der Waals surface area (Å²) in [5.74, 6) is 0. The number of hydrogen-bond acceptors (Lipinski definition) is 4. The molecule has 14 heavy (non-hydrogen) atoms. The summed E-state index contributed by atoms with van der Waals surface area (Å²) >= 11 is 0. The summed E-state index contributed by atoms with van der Waals surface area (Å²) in [5.41, 5.74) is 2.30. The minimum absolute atomic E-state index is 0.898. The van der Waals surface area contributed by atoms with Gasteiger partial charge in [0.25, 0.3) is 0 Å². The highest BCUT2D eigenvalue weighted by Crippen LogP contribution is 2.03. The Labute approximate surface area is 85.8 Å². The van der Waals surface area contributed by atoms with E-state index in [0.29, 0.717) is 0 Å². The van der Waals surface area contributed by atoms with E-state index in [0.717, 1.165) is 31.9 Å². The summed E-state index contributed by atoms with van der Waals surface area (Å²) in [5, 5.41) is 13.0. The molecule has 0 spiro atoms. The lowest BCUT2D eigenvalue weighted by Gasteiger charge is -2.18. The van der Waals surface area contributed by atoms with Crippen LogP contribution in [-0.2, 0) is 0 Å². The van der Waals surface area contributed by atoms with Gasteiger partial charge in [-0.2, -0.15) is 0 Å². The van der Waals surface area contributed by atoms with Crippen LogP contribution in [0.1, 0.15) is 6.92 Å². The zero-order valence-corrected chi connectivity index (χ0v) is 8.98. The van der Waals surface area contributed by atoms with Gasteiger partial charge in [-0.15, -0.1) is 0 Å². The second kappa shape index (κ2) is 6.32. The van der Waals surface area contributed by atoms with Crippen LogP contribution in [-0.4, -0.2) is 33.2 Å². The van der Waals surface area contributed by atoms with E-state index >= 15 is 0 Å². The Hall–Kier alpha value is -1.16. The maximum atomic E-state index is 3.39. The number of rotatable bonds is 6. The standard InChI is InChI=1S/C10H20N4/c1-3-12-6-7-14-9-4-5-13-8-10(9)11-2/h4,8,11-14H,3,5-7H2,1-2H3. The van der Waals surface area contributed by atoms with Gasteiger partial charge in [-0.25, -0.2) is 0 Å². The molecule has 4 nitrogen and oxygen atoms in total. The maximum absolute atomic E-state index is 3.39. The highest BCUT2D eigenvalue weighted by atomic mass is 15.0. The smallest absolute Gasteiger partial charge is 0.0730 e. The van der Waals surface area contributed by atoms with Gasteiger partial charge in [0, 0.05) is 32.9 Å². The number of likely N-dealkylation sites (N-methyl/N-ethyl adjacent to an activating group) is 2. The van der Waals surface area contributed by atoms with Crippen molar-refractivity contribution < 1.29 is 0 Å². The quantitative estimate of drug-likeness (QED) is 0.442. The first kappa shape index (κ1) is 10.9. The molecule has 0 aliphatic carbocycles. The largest absolute Gasteiger partial charge is 0.386 e. The summed E-state index contributed by atoms with van der Waals surface area (Å²) in [4.78, 5) is 0. The second-order valence-corrected chi connectivity index (χ2v) is 3.11. The molecule has 0 amide bonds. The van der Waals surface area contributed by atoms with Crippen molar-refractivity contribution in [3.8, 4) is 0 Å². The molecule has 1 rings (SSSR count). The van der Waals surface area contributed by atoms with Crippen molar-refractivity contribution in [2.45, 2.75) is 6.92 Å². The fraction of sp³-hybridized carbons (Fsp3) is 0.600. The SMILES string of the molecule is CCNCCNC1=CCNC=C1NC. The van der Waals surface area contributed by atoms with Crippen molar-refractivity contribution in [2.24, 2.45) is 0 Å². The van der Waals surface area contributed by atoms with E-state index in [1.54, 1.807) is 0 Å². The van der Waals surface area contributed by atoms with Crippen LogP contribution in [0.3, 0.4) is 0 Å². The summed E-state index contributed by atoms with van der Waals surface area (Å²) in [6.07, 6.45) is 4.15. The van der Waals surface area contributed by atoms with Crippen LogP contribution in [0.15, 0.2) is 23.7 Å². The molecular formula is C10H20N4. The Morgan fingerprint density at radius 3 is 2.93 bits per heavy atom. The predicted molar refractivity (Wildman–Crippen MR) is 59.8 cm³/mol. The molecule has 0 aromatic rings. The van der Waals surface area contributed by atoms with Gasteiger partial charge in [0.15, 0.2) is 0 Å². The van der Waals surface area contributed by atoms with Crippen LogP contribution < -0.4 is 21.3 Å².